The first-order valence-corrected chi connectivity index (χ1v) is 9.94. The molecule has 0 saturated carbocycles. The molecule has 1 N–H and O–H groups in total. The van der Waals surface area contributed by atoms with Crippen LogP contribution in [0.25, 0.3) is 0 Å². The molecule has 0 aromatic heterocycles. The molecule has 0 bridgehead atoms. The molecule has 0 spiro atoms. The topological polar surface area (TPSA) is 54.4 Å². The first-order valence-electron chi connectivity index (χ1n) is 8.80. The molecule has 0 saturated heterocycles. The molecule has 0 amide bonds. The fraction of sp³-hybridized carbons (Fsp3) is 0.889. The minimum absolute atomic E-state index is 0.361. The number of unbranched alkanes of at least 4 members (excludes halogenated alkanes) is 9. The molecule has 0 heterocycles. The maximum absolute atomic E-state index is 8.47. The summed E-state index contributed by atoms with van der Waals surface area (Å²) in [5.74, 6) is 0. The predicted molar refractivity (Wildman–Crippen MR) is 91.6 cm³/mol. The summed E-state index contributed by atoms with van der Waals surface area (Å²) in [7, 11) is 0. The molecule has 0 fully saturated rings. The Morgan fingerprint density at radius 1 is 0.682 bits per heavy atom. The van der Waals surface area contributed by atoms with Gasteiger partial charge in [-0.2, -0.15) is 12.8 Å². The van der Waals surface area contributed by atoms with Crippen molar-refractivity contribution >= 4 is 0 Å². The molecular weight excluding hydrogens is 315 g/mol. The van der Waals surface area contributed by atoms with E-state index in [9.17, 15) is 0 Å². The normalized spacial score (nSPS) is 8.27. The van der Waals surface area contributed by atoms with Gasteiger partial charge in [-0.05, 0) is 6.42 Å². The number of hydrogen-bond acceptors (Lipinski definition) is 3. The van der Waals surface area contributed by atoms with Gasteiger partial charge in [0.2, 0.25) is 0 Å². The van der Waals surface area contributed by atoms with Crippen molar-refractivity contribution in [1.29, 1.82) is 0 Å². The van der Waals surface area contributed by atoms with Crippen molar-refractivity contribution in [2.75, 3.05) is 6.61 Å². The van der Waals surface area contributed by atoms with E-state index in [2.05, 4.69) is 34.6 Å². The van der Waals surface area contributed by atoms with E-state index in [1.165, 1.54) is 57.8 Å². The fourth-order valence-electron chi connectivity index (χ4n) is 1.39. The van der Waals surface area contributed by atoms with E-state index < -0.39 is 16.2 Å². The third kappa shape index (κ3) is 71.7. The van der Waals surface area contributed by atoms with Gasteiger partial charge in [0.1, 0.15) is 0 Å². The second-order valence-electron chi connectivity index (χ2n) is 4.98. The van der Waals surface area contributed by atoms with Crippen LogP contribution in [0.4, 0.5) is 0 Å². The van der Waals surface area contributed by atoms with Crippen LogP contribution in [0, 0.1) is 13.8 Å². The van der Waals surface area contributed by atoms with Gasteiger partial charge in [0.15, 0.2) is 0 Å². The molecule has 0 aromatic rings. The summed E-state index contributed by atoms with van der Waals surface area (Å²) >= 11 is -1.81. The second-order valence-corrected chi connectivity index (χ2v) is 5.21. The van der Waals surface area contributed by atoms with Crippen LogP contribution < -0.4 is 0 Å². The molecule has 4 heteroatoms. The third-order valence-electron chi connectivity index (χ3n) is 2.72. The van der Waals surface area contributed by atoms with Crippen molar-refractivity contribution in [3.63, 3.8) is 0 Å². The van der Waals surface area contributed by atoms with E-state index >= 15 is 0 Å². The Morgan fingerprint density at radius 3 is 1.18 bits per heavy atom. The summed E-state index contributed by atoms with van der Waals surface area (Å²) < 4.78 is 16.9. The molecule has 0 aliphatic carbocycles. The molecular formula is C18H40O3V-2. The summed E-state index contributed by atoms with van der Waals surface area (Å²) in [6, 6.07) is 0. The molecule has 0 radical (unpaired) electrons. The molecule has 137 valence electrons. The summed E-state index contributed by atoms with van der Waals surface area (Å²) in [5, 5.41) is 8.29. The molecule has 0 unspecified atom stereocenters. The van der Waals surface area contributed by atoms with Gasteiger partial charge in [-0.15, -0.1) is 0 Å². The Balaban J connectivity index is -0.000000102. The molecule has 0 rings (SSSR count). The first kappa shape index (κ1) is 30.1. The Labute approximate surface area is 147 Å². The van der Waals surface area contributed by atoms with E-state index in [4.69, 9.17) is 12.5 Å². The van der Waals surface area contributed by atoms with Gasteiger partial charge < -0.3 is 19.0 Å². The van der Waals surface area contributed by atoms with E-state index in [1.807, 2.05) is 0 Å². The minimum atomic E-state index is -1.81. The molecule has 0 aliphatic rings. The quantitative estimate of drug-likeness (QED) is 0.379. The predicted octanol–water partition coefficient (Wildman–Crippen LogP) is 6.12. The summed E-state index contributed by atoms with van der Waals surface area (Å²) in [4.78, 5) is 0. The standard InChI is InChI=1S/C6H14O.2C6H13.2O.V/c1-2-3-4-5-6-7;2*1-3-5-6-4-2;;;/h7H,2-6H2,1H3;2*1,3-6H2,2H3;;;/q;2*-1;;;. The van der Waals surface area contributed by atoms with Crippen LogP contribution in [0.15, 0.2) is 0 Å². The molecule has 0 atom stereocenters. The van der Waals surface area contributed by atoms with Gasteiger partial charge >= 0.3 is 23.5 Å². The van der Waals surface area contributed by atoms with Gasteiger partial charge in [-0.25, -0.2) is 0 Å². The van der Waals surface area contributed by atoms with Crippen molar-refractivity contribution in [3.05, 3.63) is 13.8 Å². The SMILES string of the molecule is CCCCCCO.[CH2-]CCCCC.[CH2-]CCCCC.[O]=[V]=[O]. The Hall–Kier alpha value is 0.144. The third-order valence-corrected chi connectivity index (χ3v) is 2.72. The van der Waals surface area contributed by atoms with Crippen molar-refractivity contribution in [1.82, 2.24) is 0 Å². The monoisotopic (exact) mass is 355 g/mol. The van der Waals surface area contributed by atoms with Crippen LogP contribution >= 0.6 is 0 Å². The average Bonchev–Trinajstić information content (AvgIpc) is 2.53. The average molecular weight is 355 g/mol. The number of hydrogen-bond donors (Lipinski definition) is 1. The molecule has 0 aliphatic heterocycles. The zero-order valence-corrected chi connectivity index (χ0v) is 16.7. The number of rotatable bonds is 10. The van der Waals surface area contributed by atoms with E-state index in [-0.39, 0.29) is 0 Å². The summed E-state index contributed by atoms with van der Waals surface area (Å²) in [6.07, 6.45) is 14.8. The molecule has 0 aromatic carbocycles. The van der Waals surface area contributed by atoms with Crippen LogP contribution in [0.2, 0.25) is 0 Å². The Morgan fingerprint density at radius 2 is 1.00 bits per heavy atom. The van der Waals surface area contributed by atoms with E-state index in [1.54, 1.807) is 0 Å². The van der Waals surface area contributed by atoms with Crippen LogP contribution in [0.5, 0.6) is 0 Å². The Kier molecular flexibility index (Phi) is 58.6. The van der Waals surface area contributed by atoms with Gasteiger partial charge in [0.25, 0.3) is 0 Å². The zero-order valence-electron chi connectivity index (χ0n) is 15.3. The van der Waals surface area contributed by atoms with Gasteiger partial charge in [0, 0.05) is 6.61 Å². The van der Waals surface area contributed by atoms with Crippen LogP contribution in [-0.4, -0.2) is 11.7 Å². The molecule has 3 nitrogen and oxygen atoms in total. The Bertz CT molecular complexity index is 150. The van der Waals surface area contributed by atoms with Crippen molar-refractivity contribution in [2.45, 2.75) is 97.8 Å². The fourth-order valence-corrected chi connectivity index (χ4v) is 1.39. The van der Waals surface area contributed by atoms with Crippen molar-refractivity contribution in [2.24, 2.45) is 0 Å². The molecule has 22 heavy (non-hydrogen) atoms. The van der Waals surface area contributed by atoms with Crippen molar-refractivity contribution in [3.8, 4) is 0 Å². The van der Waals surface area contributed by atoms with Crippen LogP contribution in [0.1, 0.15) is 97.8 Å². The zero-order chi connectivity index (χ0) is 17.9. The van der Waals surface area contributed by atoms with Gasteiger partial charge in [-0.1, -0.05) is 78.6 Å². The summed E-state index contributed by atoms with van der Waals surface area (Å²) in [5.41, 5.74) is 0. The van der Waals surface area contributed by atoms with E-state index in [0.717, 1.165) is 19.3 Å². The number of aliphatic hydroxyl groups excluding tert-OH is 1. The van der Waals surface area contributed by atoms with Gasteiger partial charge in [0.05, 0.1) is 0 Å². The van der Waals surface area contributed by atoms with E-state index in [0.29, 0.717) is 6.61 Å². The van der Waals surface area contributed by atoms with Crippen LogP contribution in [0.3, 0.4) is 0 Å². The summed E-state index contributed by atoms with van der Waals surface area (Å²) in [6.45, 7) is 14.4. The maximum atomic E-state index is 8.47. The van der Waals surface area contributed by atoms with Crippen LogP contribution in [-0.2, 0) is 23.5 Å². The first-order chi connectivity index (χ1) is 10.7. The second kappa shape index (κ2) is 42.9. The number of aliphatic hydroxyl groups is 1. The van der Waals surface area contributed by atoms with Gasteiger partial charge in [-0.3, -0.25) is 0 Å². The van der Waals surface area contributed by atoms with Crippen molar-refractivity contribution < 1.29 is 28.6 Å².